The Labute approximate surface area is 158 Å². The number of hydrogen-bond acceptors (Lipinski definition) is 2. The molecule has 1 aliphatic carbocycles. The molecule has 0 saturated carbocycles. The van der Waals surface area contributed by atoms with Crippen molar-refractivity contribution in [1.82, 2.24) is 4.90 Å². The molecule has 0 N–H and O–H groups in total. The van der Waals surface area contributed by atoms with Gasteiger partial charge in [0.2, 0.25) is 0 Å². The summed E-state index contributed by atoms with van der Waals surface area (Å²) in [5.41, 5.74) is 5.42. The average Bonchev–Trinajstić information content (AvgIpc) is 2.67. The van der Waals surface area contributed by atoms with Gasteiger partial charge in [-0.05, 0) is 67.4 Å². The molecule has 0 heterocycles. The molecule has 0 bridgehead atoms. The van der Waals surface area contributed by atoms with Crippen LogP contribution in [0.3, 0.4) is 0 Å². The summed E-state index contributed by atoms with van der Waals surface area (Å²) in [4.78, 5) is 3.70. The van der Waals surface area contributed by atoms with Gasteiger partial charge in [-0.1, -0.05) is 74.6 Å². The van der Waals surface area contributed by atoms with E-state index in [9.17, 15) is 0 Å². The Balaban J connectivity index is 1.89. The molecule has 25 heavy (non-hydrogen) atoms. The van der Waals surface area contributed by atoms with Gasteiger partial charge in [-0.25, -0.2) is 0 Å². The maximum atomic E-state index is 5.87. The van der Waals surface area contributed by atoms with E-state index in [1.807, 2.05) is 0 Å². The van der Waals surface area contributed by atoms with Gasteiger partial charge in [-0.3, -0.25) is 0 Å². The molecule has 2 heteroatoms. The molecule has 0 fully saturated rings. The predicted molar refractivity (Wildman–Crippen MR) is 112 cm³/mol. The Morgan fingerprint density at radius 1 is 1.00 bits per heavy atom. The number of rotatable bonds is 7. The Morgan fingerprint density at radius 3 is 2.40 bits per heavy atom. The van der Waals surface area contributed by atoms with Gasteiger partial charge < -0.3 is 4.90 Å². The first kappa shape index (κ1) is 18.3. The largest absolute Gasteiger partial charge is 0.300 e. The third-order valence-electron chi connectivity index (χ3n) is 5.28. The highest BCUT2D eigenvalue weighted by Gasteiger charge is 2.26. The van der Waals surface area contributed by atoms with Gasteiger partial charge >= 0.3 is 0 Å². The second-order valence-electron chi connectivity index (χ2n) is 7.07. The summed E-state index contributed by atoms with van der Waals surface area (Å²) in [5, 5.41) is 0. The Hall–Kier alpha value is -1.51. The fourth-order valence-corrected chi connectivity index (χ4v) is 4.42. The second-order valence-corrected chi connectivity index (χ2v) is 7.48. The van der Waals surface area contributed by atoms with Crippen LogP contribution in [0.5, 0.6) is 0 Å². The molecule has 0 radical (unpaired) electrons. The van der Waals surface area contributed by atoms with Gasteiger partial charge in [-0.2, -0.15) is 0 Å². The Kier molecular flexibility index (Phi) is 6.39. The zero-order valence-electron chi connectivity index (χ0n) is 15.5. The average molecular weight is 352 g/mol. The van der Waals surface area contributed by atoms with Gasteiger partial charge in [0, 0.05) is 6.04 Å². The Morgan fingerprint density at radius 2 is 1.72 bits per heavy atom. The minimum absolute atomic E-state index is 0.659. The number of hydrogen-bond donors (Lipinski definition) is 0. The smallest absolute Gasteiger partial charge is 0.0524 e. The van der Waals surface area contributed by atoms with Crippen LogP contribution in [0.1, 0.15) is 55.4 Å². The fourth-order valence-electron chi connectivity index (χ4n) is 4.09. The molecule has 0 amide bonds. The lowest BCUT2D eigenvalue weighted by Gasteiger charge is -2.36. The topological polar surface area (TPSA) is 3.24 Å². The standard InChI is InChI=1S/C23H29NS/c1-3-15-24(16-4-2)20-14-13-18-11-8-12-21(22(18)17-20)23(25)19-9-6-5-7-10-19/h5-12,20H,3-4,13-17H2,1-2H3. The molecule has 1 atom stereocenters. The summed E-state index contributed by atoms with van der Waals surface area (Å²) in [6.07, 6.45) is 6.04. The van der Waals surface area contributed by atoms with Crippen LogP contribution >= 0.6 is 12.2 Å². The number of aryl methyl sites for hydroxylation is 1. The third-order valence-corrected chi connectivity index (χ3v) is 5.73. The van der Waals surface area contributed by atoms with E-state index in [2.05, 4.69) is 67.3 Å². The van der Waals surface area contributed by atoms with E-state index in [-0.39, 0.29) is 0 Å². The maximum Gasteiger partial charge on any atom is 0.0524 e. The van der Waals surface area contributed by atoms with Gasteiger partial charge in [0.25, 0.3) is 0 Å². The van der Waals surface area contributed by atoms with Crippen molar-refractivity contribution in [2.24, 2.45) is 0 Å². The molecule has 132 valence electrons. The third kappa shape index (κ3) is 4.19. The van der Waals surface area contributed by atoms with E-state index < -0.39 is 0 Å². The molecule has 0 aliphatic heterocycles. The maximum absolute atomic E-state index is 5.87. The predicted octanol–water partition coefficient (Wildman–Crippen LogP) is 5.43. The number of nitrogens with zero attached hydrogens (tertiary/aromatic N) is 1. The Bertz CT molecular complexity index is 701. The molecule has 0 spiro atoms. The first-order valence-electron chi connectivity index (χ1n) is 9.69. The lowest BCUT2D eigenvalue weighted by atomic mass is 9.83. The molecule has 2 aromatic rings. The zero-order valence-corrected chi connectivity index (χ0v) is 16.3. The van der Waals surface area contributed by atoms with Crippen LogP contribution in [0.25, 0.3) is 0 Å². The van der Waals surface area contributed by atoms with Crippen LogP contribution in [-0.4, -0.2) is 28.9 Å². The first-order chi connectivity index (χ1) is 12.2. The molecule has 0 aromatic heterocycles. The van der Waals surface area contributed by atoms with Crippen LogP contribution in [0.4, 0.5) is 0 Å². The highest BCUT2D eigenvalue weighted by molar-refractivity contribution is 7.81. The van der Waals surface area contributed by atoms with Crippen molar-refractivity contribution >= 4 is 17.1 Å². The van der Waals surface area contributed by atoms with E-state index in [1.54, 1.807) is 0 Å². The monoisotopic (exact) mass is 351 g/mol. The number of fused-ring (bicyclic) bond motifs is 1. The molecule has 1 aliphatic rings. The molecule has 1 nitrogen and oxygen atoms in total. The molecule has 1 unspecified atom stereocenters. The van der Waals surface area contributed by atoms with Gasteiger partial charge in [0.05, 0.1) is 4.86 Å². The van der Waals surface area contributed by atoms with Crippen LogP contribution in [0.2, 0.25) is 0 Å². The molecule has 2 aromatic carbocycles. The van der Waals surface area contributed by atoms with Crippen molar-refractivity contribution in [3.63, 3.8) is 0 Å². The minimum Gasteiger partial charge on any atom is -0.300 e. The first-order valence-corrected chi connectivity index (χ1v) is 10.1. The van der Waals surface area contributed by atoms with Gasteiger partial charge in [-0.15, -0.1) is 0 Å². The highest BCUT2D eigenvalue weighted by atomic mass is 32.1. The summed E-state index contributed by atoms with van der Waals surface area (Å²) in [6.45, 7) is 6.99. The van der Waals surface area contributed by atoms with Crippen LogP contribution in [0.15, 0.2) is 48.5 Å². The normalized spacial score (nSPS) is 16.7. The van der Waals surface area contributed by atoms with Crippen molar-refractivity contribution in [3.05, 3.63) is 70.8 Å². The number of thiocarbonyl (C=S) groups is 1. The summed E-state index contributed by atoms with van der Waals surface area (Å²) in [7, 11) is 0. The van der Waals surface area contributed by atoms with E-state index >= 15 is 0 Å². The summed E-state index contributed by atoms with van der Waals surface area (Å²) in [5.74, 6) is 0. The number of benzene rings is 2. The fraction of sp³-hybridized carbons (Fsp3) is 0.435. The van der Waals surface area contributed by atoms with Crippen LogP contribution < -0.4 is 0 Å². The van der Waals surface area contributed by atoms with Gasteiger partial charge in [0.15, 0.2) is 0 Å². The van der Waals surface area contributed by atoms with Crippen LogP contribution in [-0.2, 0) is 12.8 Å². The van der Waals surface area contributed by atoms with E-state index in [0.29, 0.717) is 6.04 Å². The molecule has 3 rings (SSSR count). The lowest BCUT2D eigenvalue weighted by Crippen LogP contribution is -2.40. The zero-order chi connectivity index (χ0) is 17.6. The van der Waals surface area contributed by atoms with E-state index in [4.69, 9.17) is 12.2 Å². The minimum atomic E-state index is 0.659. The van der Waals surface area contributed by atoms with Crippen molar-refractivity contribution < 1.29 is 0 Å². The summed E-state index contributed by atoms with van der Waals surface area (Å²) >= 11 is 5.87. The van der Waals surface area contributed by atoms with Crippen LogP contribution in [0, 0.1) is 0 Å². The van der Waals surface area contributed by atoms with Crippen molar-refractivity contribution in [3.8, 4) is 0 Å². The summed E-state index contributed by atoms with van der Waals surface area (Å²) in [6, 6.07) is 17.8. The highest BCUT2D eigenvalue weighted by Crippen LogP contribution is 2.29. The van der Waals surface area contributed by atoms with E-state index in [0.717, 1.165) is 16.8 Å². The second kappa shape index (κ2) is 8.73. The van der Waals surface area contributed by atoms with Gasteiger partial charge in [0.1, 0.15) is 0 Å². The quantitative estimate of drug-likeness (QED) is 0.483. The SMILES string of the molecule is CCCN(CCC)C1CCc2cccc(C(=S)c3ccccc3)c2C1. The molecular weight excluding hydrogens is 322 g/mol. The summed E-state index contributed by atoms with van der Waals surface area (Å²) < 4.78 is 0. The lowest BCUT2D eigenvalue weighted by molar-refractivity contribution is 0.180. The molecular formula is C23H29NS. The van der Waals surface area contributed by atoms with Crippen molar-refractivity contribution in [2.75, 3.05) is 13.1 Å². The van der Waals surface area contributed by atoms with Crippen molar-refractivity contribution in [1.29, 1.82) is 0 Å². The van der Waals surface area contributed by atoms with Crippen molar-refractivity contribution in [2.45, 2.75) is 52.0 Å². The van der Waals surface area contributed by atoms with E-state index in [1.165, 1.54) is 55.5 Å². The molecule has 0 saturated heterocycles.